The second kappa shape index (κ2) is 7.46. The zero-order chi connectivity index (χ0) is 17.4. The molecule has 0 aromatic rings. The van der Waals surface area contributed by atoms with Gasteiger partial charge in [0.05, 0.1) is 13.2 Å². The average Bonchev–Trinajstić information content (AvgIpc) is 2.88. The van der Waals surface area contributed by atoms with Gasteiger partial charge in [0.1, 0.15) is 48.8 Å². The van der Waals surface area contributed by atoms with Gasteiger partial charge in [0.25, 0.3) is 0 Å². The lowest BCUT2D eigenvalue weighted by molar-refractivity contribution is -0.340. The average molecular weight is 352 g/mol. The third-order valence-corrected chi connectivity index (χ3v) is 4.69. The van der Waals surface area contributed by atoms with Crippen LogP contribution in [0, 0.1) is 0 Å². The Morgan fingerprint density at radius 1 is 0.917 bits per heavy atom. The number of rotatable bonds is 5. The molecule has 140 valence electrons. The molecule has 10 atom stereocenters. The van der Waals surface area contributed by atoms with Crippen LogP contribution in [-0.2, 0) is 28.4 Å². The summed E-state index contributed by atoms with van der Waals surface area (Å²) in [6.45, 7) is -0.263. The van der Waals surface area contributed by atoms with Gasteiger partial charge in [0, 0.05) is 14.2 Å². The van der Waals surface area contributed by atoms with Crippen molar-refractivity contribution in [1.82, 2.24) is 0 Å². The number of hydrogen-bond acceptors (Lipinski definition) is 10. The van der Waals surface area contributed by atoms with Crippen LogP contribution in [0.5, 0.6) is 0 Å². The first-order valence-electron chi connectivity index (χ1n) is 7.80. The van der Waals surface area contributed by atoms with Gasteiger partial charge in [0.15, 0.2) is 12.6 Å². The maximum absolute atomic E-state index is 10.3. The predicted molar refractivity (Wildman–Crippen MR) is 74.8 cm³/mol. The van der Waals surface area contributed by atoms with E-state index in [4.69, 9.17) is 28.4 Å². The fourth-order valence-electron chi connectivity index (χ4n) is 3.38. The van der Waals surface area contributed by atoms with Crippen molar-refractivity contribution in [2.75, 3.05) is 27.4 Å². The summed E-state index contributed by atoms with van der Waals surface area (Å²) in [4.78, 5) is 0. The van der Waals surface area contributed by atoms with E-state index in [-0.39, 0.29) is 6.61 Å². The van der Waals surface area contributed by atoms with Crippen molar-refractivity contribution in [2.24, 2.45) is 0 Å². The first kappa shape index (κ1) is 18.4. The molecular weight excluding hydrogens is 328 g/mol. The molecule has 0 aliphatic carbocycles. The first-order chi connectivity index (χ1) is 11.5. The molecule has 0 aromatic heterocycles. The standard InChI is InChI=1S/C14H24O10/c1-19-11-7(16)5(3-15)22-14(8(11)17)24-10-6-4-21-12(10)9(18)13(20-2)23-6/h5-18H,3-4H2,1-2H3/t5?,6-,7+,8?,9?,10-,11+,12?,13+,14+/m1/s1. The predicted octanol–water partition coefficient (Wildman–Crippen LogP) is -3.04. The molecule has 0 radical (unpaired) electrons. The Bertz CT molecular complexity index is 422. The molecule has 0 spiro atoms. The van der Waals surface area contributed by atoms with Crippen molar-refractivity contribution in [2.45, 2.75) is 61.4 Å². The molecule has 4 unspecified atom stereocenters. The Hall–Kier alpha value is -0.400. The van der Waals surface area contributed by atoms with E-state index in [1.165, 1.54) is 14.2 Å². The monoisotopic (exact) mass is 352 g/mol. The maximum atomic E-state index is 10.3. The number of aliphatic hydroxyl groups is 4. The molecule has 3 fully saturated rings. The highest BCUT2D eigenvalue weighted by atomic mass is 16.8. The summed E-state index contributed by atoms with van der Waals surface area (Å²) in [6.07, 6.45) is -9.40. The topological polar surface area (TPSA) is 136 Å². The summed E-state index contributed by atoms with van der Waals surface area (Å²) in [6, 6.07) is 0. The van der Waals surface area contributed by atoms with E-state index < -0.39 is 68.0 Å². The van der Waals surface area contributed by atoms with Crippen LogP contribution in [-0.4, -0.2) is 109 Å². The second-order valence-electron chi connectivity index (χ2n) is 6.07. The zero-order valence-electron chi connectivity index (χ0n) is 13.4. The van der Waals surface area contributed by atoms with E-state index in [9.17, 15) is 20.4 Å². The van der Waals surface area contributed by atoms with E-state index in [0.29, 0.717) is 0 Å². The minimum Gasteiger partial charge on any atom is -0.394 e. The van der Waals surface area contributed by atoms with Gasteiger partial charge < -0.3 is 48.8 Å². The van der Waals surface area contributed by atoms with Gasteiger partial charge in [-0.15, -0.1) is 0 Å². The maximum Gasteiger partial charge on any atom is 0.187 e. The van der Waals surface area contributed by atoms with Crippen LogP contribution >= 0.6 is 0 Å². The minimum absolute atomic E-state index is 0.203. The Labute approximate surface area is 138 Å². The molecule has 10 nitrogen and oxygen atoms in total. The molecule has 0 aromatic carbocycles. The van der Waals surface area contributed by atoms with Crippen LogP contribution < -0.4 is 0 Å². The zero-order valence-corrected chi connectivity index (χ0v) is 13.4. The van der Waals surface area contributed by atoms with Gasteiger partial charge in [-0.25, -0.2) is 0 Å². The normalized spacial score (nSPS) is 51.8. The highest BCUT2D eigenvalue weighted by Gasteiger charge is 2.55. The van der Waals surface area contributed by atoms with Crippen molar-refractivity contribution in [3.8, 4) is 0 Å². The SMILES string of the molecule is CO[C@H]1O[C@@H]2COC(C1O)[C@@H]2O[C@@H]1OC(CO)[C@H](O)[C@H](OC)C1O. The smallest absolute Gasteiger partial charge is 0.187 e. The van der Waals surface area contributed by atoms with Gasteiger partial charge in [0.2, 0.25) is 0 Å². The highest BCUT2D eigenvalue weighted by molar-refractivity contribution is 4.98. The Balaban J connectivity index is 1.71. The fraction of sp³-hybridized carbons (Fsp3) is 1.00. The lowest BCUT2D eigenvalue weighted by Gasteiger charge is -2.44. The molecule has 3 aliphatic rings. The summed E-state index contributed by atoms with van der Waals surface area (Å²) in [5.74, 6) is 0. The fourth-order valence-corrected chi connectivity index (χ4v) is 3.38. The molecule has 0 amide bonds. The van der Waals surface area contributed by atoms with Gasteiger partial charge in [-0.05, 0) is 0 Å². The Kier molecular flexibility index (Phi) is 5.72. The summed E-state index contributed by atoms with van der Waals surface area (Å²) >= 11 is 0. The van der Waals surface area contributed by atoms with Crippen molar-refractivity contribution in [3.63, 3.8) is 0 Å². The first-order valence-corrected chi connectivity index (χ1v) is 7.80. The van der Waals surface area contributed by atoms with Crippen LogP contribution in [0.1, 0.15) is 0 Å². The lowest BCUT2D eigenvalue weighted by Crippen LogP contribution is -2.62. The quantitative estimate of drug-likeness (QED) is 0.404. The minimum atomic E-state index is -1.29. The molecule has 10 heteroatoms. The molecular formula is C14H24O10. The molecule has 3 aliphatic heterocycles. The van der Waals surface area contributed by atoms with Crippen LogP contribution in [0.2, 0.25) is 0 Å². The third-order valence-electron chi connectivity index (χ3n) is 4.69. The molecule has 4 N–H and O–H groups in total. The largest absolute Gasteiger partial charge is 0.394 e. The van der Waals surface area contributed by atoms with Gasteiger partial charge in [-0.1, -0.05) is 0 Å². The van der Waals surface area contributed by atoms with Crippen LogP contribution in [0.15, 0.2) is 0 Å². The number of methoxy groups -OCH3 is 2. The number of hydrogen-bond donors (Lipinski definition) is 4. The van der Waals surface area contributed by atoms with Crippen molar-refractivity contribution >= 4 is 0 Å². The summed E-state index contributed by atoms with van der Waals surface area (Å²) < 4.78 is 32.4. The van der Waals surface area contributed by atoms with Crippen LogP contribution in [0.4, 0.5) is 0 Å². The van der Waals surface area contributed by atoms with Crippen LogP contribution in [0.3, 0.4) is 0 Å². The molecule has 2 bridgehead atoms. The Morgan fingerprint density at radius 2 is 1.67 bits per heavy atom. The van der Waals surface area contributed by atoms with E-state index in [1.54, 1.807) is 0 Å². The highest BCUT2D eigenvalue weighted by Crippen LogP contribution is 2.35. The second-order valence-corrected chi connectivity index (χ2v) is 6.07. The summed E-state index contributed by atoms with van der Waals surface area (Å²) in [5, 5.41) is 39.9. The lowest BCUT2D eigenvalue weighted by atomic mass is 9.98. The van der Waals surface area contributed by atoms with E-state index in [2.05, 4.69) is 0 Å². The van der Waals surface area contributed by atoms with Crippen molar-refractivity contribution < 1.29 is 48.8 Å². The summed E-state index contributed by atoms with van der Waals surface area (Å²) in [7, 11) is 2.75. The third kappa shape index (κ3) is 3.07. The van der Waals surface area contributed by atoms with Crippen LogP contribution in [0.25, 0.3) is 0 Å². The molecule has 0 saturated carbocycles. The van der Waals surface area contributed by atoms with E-state index in [1.807, 2.05) is 0 Å². The molecule has 24 heavy (non-hydrogen) atoms. The van der Waals surface area contributed by atoms with E-state index in [0.717, 1.165) is 0 Å². The summed E-state index contributed by atoms with van der Waals surface area (Å²) in [5.41, 5.74) is 0. The van der Waals surface area contributed by atoms with Crippen molar-refractivity contribution in [1.29, 1.82) is 0 Å². The molecule has 3 saturated heterocycles. The van der Waals surface area contributed by atoms with Gasteiger partial charge in [-0.3, -0.25) is 0 Å². The van der Waals surface area contributed by atoms with Gasteiger partial charge in [-0.2, -0.15) is 0 Å². The van der Waals surface area contributed by atoms with E-state index >= 15 is 0 Å². The number of aliphatic hydroxyl groups excluding tert-OH is 4. The number of fused-ring (bicyclic) bond motifs is 2. The van der Waals surface area contributed by atoms with Crippen molar-refractivity contribution in [3.05, 3.63) is 0 Å². The number of ether oxygens (including phenoxy) is 6. The molecule has 3 rings (SSSR count). The Morgan fingerprint density at radius 3 is 2.29 bits per heavy atom. The van der Waals surface area contributed by atoms with Gasteiger partial charge >= 0.3 is 0 Å². The molecule has 3 heterocycles.